The summed E-state index contributed by atoms with van der Waals surface area (Å²) in [5.41, 5.74) is -0.173. The summed E-state index contributed by atoms with van der Waals surface area (Å²) in [4.78, 5) is 22.6. The molecule has 10 heteroatoms. The quantitative estimate of drug-likeness (QED) is 0.697. The average molecular weight is 422 g/mol. The number of aromatic nitrogens is 3. The molecule has 9 nitrogen and oxygen atoms in total. The summed E-state index contributed by atoms with van der Waals surface area (Å²) in [6.07, 6.45) is 4.40. The van der Waals surface area contributed by atoms with Crippen LogP contribution in [0, 0.1) is 0 Å². The Balaban J connectivity index is 1.46. The smallest absolute Gasteiger partial charge is 0.244 e. The van der Waals surface area contributed by atoms with E-state index in [-0.39, 0.29) is 29.3 Å². The number of nitrogens with zero attached hydrogens (tertiary/aromatic N) is 5. The van der Waals surface area contributed by atoms with Crippen LogP contribution in [0.3, 0.4) is 0 Å². The van der Waals surface area contributed by atoms with Gasteiger partial charge in [0.05, 0.1) is 0 Å². The van der Waals surface area contributed by atoms with Gasteiger partial charge in [0.15, 0.2) is 5.82 Å². The van der Waals surface area contributed by atoms with Gasteiger partial charge in [0.2, 0.25) is 21.8 Å². The van der Waals surface area contributed by atoms with Crippen LogP contribution in [0.15, 0.2) is 33.9 Å². The van der Waals surface area contributed by atoms with Crippen LogP contribution < -0.4 is 0 Å². The van der Waals surface area contributed by atoms with Gasteiger partial charge >= 0.3 is 0 Å². The van der Waals surface area contributed by atoms with Gasteiger partial charge in [0, 0.05) is 56.8 Å². The van der Waals surface area contributed by atoms with E-state index < -0.39 is 10.0 Å². The number of hydrogen-bond acceptors (Lipinski definition) is 7. The third-order valence-electron chi connectivity index (χ3n) is 4.78. The van der Waals surface area contributed by atoms with Crippen LogP contribution in [-0.2, 0) is 26.7 Å². The lowest BCUT2D eigenvalue weighted by Gasteiger charge is -2.34. The van der Waals surface area contributed by atoms with Crippen molar-refractivity contribution < 1.29 is 17.7 Å². The third kappa shape index (κ3) is 5.18. The van der Waals surface area contributed by atoms with Crippen molar-refractivity contribution in [2.75, 3.05) is 26.2 Å². The lowest BCUT2D eigenvalue weighted by atomic mass is 9.96. The molecule has 0 radical (unpaired) electrons. The largest absolute Gasteiger partial charge is 0.340 e. The number of hydrogen-bond donors (Lipinski definition) is 0. The predicted octanol–water partition coefficient (Wildman–Crippen LogP) is 1.62. The Hall–Kier alpha value is -2.33. The molecule has 1 amide bonds. The lowest BCUT2D eigenvalue weighted by Crippen LogP contribution is -2.50. The zero-order chi connectivity index (χ0) is 21.1. The van der Waals surface area contributed by atoms with Gasteiger partial charge in [-0.2, -0.15) is 9.29 Å². The van der Waals surface area contributed by atoms with E-state index in [0.717, 1.165) is 0 Å². The van der Waals surface area contributed by atoms with Crippen molar-refractivity contribution in [3.63, 3.8) is 0 Å². The van der Waals surface area contributed by atoms with Crippen LogP contribution in [0.25, 0.3) is 0 Å². The maximum absolute atomic E-state index is 12.6. The van der Waals surface area contributed by atoms with E-state index in [1.807, 2.05) is 20.8 Å². The normalized spacial score (nSPS) is 16.2. The van der Waals surface area contributed by atoms with Crippen LogP contribution in [0.2, 0.25) is 0 Å². The Bertz CT molecular complexity index is 929. The second kappa shape index (κ2) is 8.58. The van der Waals surface area contributed by atoms with Crippen LogP contribution in [0.1, 0.15) is 45.3 Å². The highest BCUT2D eigenvalue weighted by Gasteiger charge is 2.30. The highest BCUT2D eigenvalue weighted by Crippen LogP contribution is 2.20. The molecule has 0 N–H and O–H groups in total. The minimum absolute atomic E-state index is 0.0129. The molecule has 0 spiro atoms. The summed E-state index contributed by atoms with van der Waals surface area (Å²) in [5, 5.41) is 3.98. The number of sulfonamides is 1. The Morgan fingerprint density at radius 3 is 2.52 bits per heavy atom. The number of carbonyl (C=O) groups is 1. The fourth-order valence-corrected chi connectivity index (χ4v) is 4.42. The van der Waals surface area contributed by atoms with Crippen LogP contribution in [0.4, 0.5) is 0 Å². The maximum Gasteiger partial charge on any atom is 0.244 e. The molecule has 0 bridgehead atoms. The van der Waals surface area contributed by atoms with Crippen molar-refractivity contribution in [3.8, 4) is 0 Å². The van der Waals surface area contributed by atoms with Crippen molar-refractivity contribution >= 4 is 15.9 Å². The number of amides is 1. The van der Waals surface area contributed by atoms with Gasteiger partial charge in [-0.25, -0.2) is 8.42 Å². The summed E-state index contributed by atoms with van der Waals surface area (Å²) in [6, 6.07) is 3.13. The van der Waals surface area contributed by atoms with Gasteiger partial charge in [-0.15, -0.1) is 0 Å². The topological polar surface area (TPSA) is 110 Å². The molecule has 1 aliphatic heterocycles. The molecule has 29 heavy (non-hydrogen) atoms. The summed E-state index contributed by atoms with van der Waals surface area (Å²) in [5.74, 6) is 1.21. The molecule has 1 aliphatic rings. The van der Waals surface area contributed by atoms with Crippen molar-refractivity contribution in [2.24, 2.45) is 0 Å². The van der Waals surface area contributed by atoms with Crippen LogP contribution in [-0.4, -0.2) is 64.8 Å². The van der Waals surface area contributed by atoms with E-state index in [1.165, 1.54) is 22.8 Å². The molecular formula is C19H27N5O4S. The van der Waals surface area contributed by atoms with Gasteiger partial charge < -0.3 is 9.42 Å². The standard InChI is InChI=1S/C19H27N5O4S/c1-19(2,3)18-21-16(28-22-18)7-4-8-17(25)23-10-12-24(13-11-23)29(26,27)15-6-5-9-20-14-15/h5-6,9,14H,4,7-8,10-13H2,1-3H3. The minimum atomic E-state index is -3.57. The van der Waals surface area contributed by atoms with Crippen LogP contribution in [0.5, 0.6) is 0 Å². The number of piperazine rings is 1. The molecule has 3 heterocycles. The number of aryl methyl sites for hydroxylation is 1. The van der Waals surface area contributed by atoms with Crippen molar-refractivity contribution in [1.82, 2.24) is 24.3 Å². The number of rotatable bonds is 6. The van der Waals surface area contributed by atoms with E-state index >= 15 is 0 Å². The van der Waals surface area contributed by atoms with E-state index in [2.05, 4.69) is 15.1 Å². The van der Waals surface area contributed by atoms with Crippen molar-refractivity contribution in [3.05, 3.63) is 36.2 Å². The molecule has 0 saturated carbocycles. The highest BCUT2D eigenvalue weighted by atomic mass is 32.2. The molecule has 158 valence electrons. The third-order valence-corrected chi connectivity index (χ3v) is 6.67. The fraction of sp³-hybridized carbons (Fsp3) is 0.579. The second-order valence-corrected chi connectivity index (χ2v) is 10.0. The predicted molar refractivity (Wildman–Crippen MR) is 106 cm³/mol. The molecule has 0 atom stereocenters. The SMILES string of the molecule is CC(C)(C)c1noc(CCCC(=O)N2CCN(S(=O)(=O)c3cccnc3)CC2)n1. The molecule has 0 aromatic carbocycles. The first-order chi connectivity index (χ1) is 13.7. The van der Waals surface area contributed by atoms with Gasteiger partial charge in [-0.1, -0.05) is 25.9 Å². The first-order valence-corrected chi connectivity index (χ1v) is 11.1. The fourth-order valence-electron chi connectivity index (χ4n) is 3.04. The summed E-state index contributed by atoms with van der Waals surface area (Å²) in [7, 11) is -3.57. The molecule has 2 aromatic rings. The highest BCUT2D eigenvalue weighted by molar-refractivity contribution is 7.89. The molecule has 0 aliphatic carbocycles. The molecule has 0 unspecified atom stereocenters. The van der Waals surface area contributed by atoms with Gasteiger partial charge in [0.1, 0.15) is 4.90 Å². The molecular weight excluding hydrogens is 394 g/mol. The van der Waals surface area contributed by atoms with E-state index in [4.69, 9.17) is 4.52 Å². The van der Waals surface area contributed by atoms with E-state index in [9.17, 15) is 13.2 Å². The lowest BCUT2D eigenvalue weighted by molar-refractivity contribution is -0.132. The molecule has 1 fully saturated rings. The van der Waals surface area contributed by atoms with E-state index in [1.54, 1.807) is 11.0 Å². The van der Waals surface area contributed by atoms with Gasteiger partial charge in [-0.3, -0.25) is 9.78 Å². The Labute approximate surface area is 171 Å². The zero-order valence-electron chi connectivity index (χ0n) is 17.0. The summed E-state index contributed by atoms with van der Waals surface area (Å²) >= 11 is 0. The second-order valence-electron chi connectivity index (χ2n) is 8.09. The Morgan fingerprint density at radius 2 is 1.93 bits per heavy atom. The van der Waals surface area contributed by atoms with Crippen LogP contribution >= 0.6 is 0 Å². The Kier molecular flexibility index (Phi) is 6.33. The summed E-state index contributed by atoms with van der Waals surface area (Å²) in [6.45, 7) is 7.36. The monoisotopic (exact) mass is 421 g/mol. The zero-order valence-corrected chi connectivity index (χ0v) is 17.9. The van der Waals surface area contributed by atoms with Gasteiger partial charge in [-0.05, 0) is 18.6 Å². The maximum atomic E-state index is 12.6. The molecule has 2 aromatic heterocycles. The molecule has 3 rings (SSSR count). The average Bonchev–Trinajstić information content (AvgIpc) is 3.18. The van der Waals surface area contributed by atoms with E-state index in [0.29, 0.717) is 44.1 Å². The summed E-state index contributed by atoms with van der Waals surface area (Å²) < 4.78 is 31.9. The number of carbonyl (C=O) groups excluding carboxylic acids is 1. The minimum Gasteiger partial charge on any atom is -0.340 e. The van der Waals surface area contributed by atoms with Gasteiger partial charge in [0.25, 0.3) is 0 Å². The molecule has 1 saturated heterocycles. The van der Waals surface area contributed by atoms with Crippen molar-refractivity contribution in [2.45, 2.75) is 50.3 Å². The van der Waals surface area contributed by atoms with Crippen molar-refractivity contribution in [1.29, 1.82) is 0 Å². The Morgan fingerprint density at radius 1 is 1.21 bits per heavy atom. The number of pyridine rings is 1. The first-order valence-electron chi connectivity index (χ1n) is 9.69. The first kappa shape index (κ1) is 21.4.